The van der Waals surface area contributed by atoms with Gasteiger partial charge in [0, 0.05) is 10.6 Å². The van der Waals surface area contributed by atoms with E-state index < -0.39 is 0 Å². The van der Waals surface area contributed by atoms with Crippen molar-refractivity contribution in [1.82, 2.24) is 0 Å². The van der Waals surface area contributed by atoms with Gasteiger partial charge in [-0.1, -0.05) is 32.9 Å². The van der Waals surface area contributed by atoms with Gasteiger partial charge in [0.15, 0.2) is 0 Å². The summed E-state index contributed by atoms with van der Waals surface area (Å²) in [4.78, 5) is 1.49. The minimum Gasteiger partial charge on any atom is -0.126 e. The zero-order valence-corrected chi connectivity index (χ0v) is 9.37. The minimum atomic E-state index is 0.294. The third kappa shape index (κ3) is 1.76. The van der Waals surface area contributed by atoms with E-state index in [-0.39, 0.29) is 0 Å². The van der Waals surface area contributed by atoms with Gasteiger partial charge >= 0.3 is 0 Å². The van der Waals surface area contributed by atoms with Crippen LogP contribution in [0.1, 0.15) is 31.9 Å². The molecule has 1 aromatic carbocycles. The molecular formula is C12H16S. The van der Waals surface area contributed by atoms with Crippen LogP contribution < -0.4 is 0 Å². The first kappa shape index (κ1) is 9.14. The number of thioether (sulfide) groups is 1. The van der Waals surface area contributed by atoms with Crippen LogP contribution in [0, 0.1) is 0 Å². The molecule has 70 valence electrons. The molecule has 0 saturated carbocycles. The zero-order valence-electron chi connectivity index (χ0n) is 8.55. The molecule has 0 saturated heterocycles. The molecule has 1 aliphatic heterocycles. The number of hydrogen-bond acceptors (Lipinski definition) is 1. The molecule has 0 aromatic heterocycles. The Balaban J connectivity index is 2.42. The summed E-state index contributed by atoms with van der Waals surface area (Å²) in [5, 5.41) is 0. The molecule has 0 bridgehead atoms. The van der Waals surface area contributed by atoms with Gasteiger partial charge in [0.05, 0.1) is 0 Å². The molecule has 0 fully saturated rings. The molecule has 0 spiro atoms. The highest BCUT2D eigenvalue weighted by atomic mass is 32.2. The quantitative estimate of drug-likeness (QED) is 0.605. The summed E-state index contributed by atoms with van der Waals surface area (Å²) >= 11 is 1.99. The molecule has 1 heteroatoms. The lowest BCUT2D eigenvalue weighted by atomic mass is 9.86. The summed E-state index contributed by atoms with van der Waals surface area (Å²) in [7, 11) is 0. The van der Waals surface area contributed by atoms with Gasteiger partial charge < -0.3 is 0 Å². The van der Waals surface area contributed by atoms with Crippen molar-refractivity contribution >= 4 is 11.8 Å². The predicted molar refractivity (Wildman–Crippen MR) is 59.6 cm³/mol. The van der Waals surface area contributed by atoms with Crippen LogP contribution in [0.2, 0.25) is 0 Å². The molecule has 0 N–H and O–H groups in total. The van der Waals surface area contributed by atoms with E-state index in [1.165, 1.54) is 22.6 Å². The zero-order chi connectivity index (χ0) is 9.47. The third-order valence-corrected chi connectivity index (χ3v) is 3.67. The summed E-state index contributed by atoms with van der Waals surface area (Å²) in [5.41, 5.74) is 3.31. The van der Waals surface area contributed by atoms with Gasteiger partial charge in [-0.25, -0.2) is 0 Å². The molecule has 0 radical (unpaired) electrons. The largest absolute Gasteiger partial charge is 0.126 e. The highest BCUT2D eigenvalue weighted by Crippen LogP contribution is 2.34. The van der Waals surface area contributed by atoms with E-state index in [0.717, 1.165) is 0 Å². The van der Waals surface area contributed by atoms with E-state index >= 15 is 0 Å². The Morgan fingerprint density at radius 2 is 2.00 bits per heavy atom. The van der Waals surface area contributed by atoms with Crippen LogP contribution in [0.25, 0.3) is 0 Å². The molecule has 1 aliphatic rings. The van der Waals surface area contributed by atoms with Crippen LogP contribution in [0.5, 0.6) is 0 Å². The van der Waals surface area contributed by atoms with E-state index in [1.807, 2.05) is 11.8 Å². The Hall–Kier alpha value is -0.430. The maximum Gasteiger partial charge on any atom is 0.0105 e. The standard InChI is InChI=1S/C12H16S/c1-12(2,3)10-4-5-11-9(8-10)6-7-13-11/h4-5,8H,6-7H2,1-3H3. The summed E-state index contributed by atoms with van der Waals surface area (Å²) in [6.07, 6.45) is 1.25. The number of benzene rings is 1. The number of fused-ring (bicyclic) bond motifs is 1. The van der Waals surface area contributed by atoms with E-state index in [0.29, 0.717) is 5.41 Å². The monoisotopic (exact) mass is 192 g/mol. The first-order valence-corrected chi connectivity index (χ1v) is 5.82. The highest BCUT2D eigenvalue weighted by Gasteiger charge is 2.17. The van der Waals surface area contributed by atoms with Gasteiger partial charge in [-0.2, -0.15) is 0 Å². The van der Waals surface area contributed by atoms with E-state index in [2.05, 4.69) is 39.0 Å². The van der Waals surface area contributed by atoms with E-state index in [1.54, 1.807) is 5.56 Å². The van der Waals surface area contributed by atoms with Crippen LogP contribution in [0.3, 0.4) is 0 Å². The second-order valence-electron chi connectivity index (χ2n) is 4.67. The van der Waals surface area contributed by atoms with Gasteiger partial charge in [0.2, 0.25) is 0 Å². The number of aryl methyl sites for hydroxylation is 1. The molecule has 2 rings (SSSR count). The van der Waals surface area contributed by atoms with E-state index in [9.17, 15) is 0 Å². The first-order valence-electron chi connectivity index (χ1n) is 4.83. The van der Waals surface area contributed by atoms with Crippen molar-refractivity contribution in [1.29, 1.82) is 0 Å². The van der Waals surface area contributed by atoms with Crippen molar-refractivity contribution in [2.75, 3.05) is 5.75 Å². The van der Waals surface area contributed by atoms with Crippen LogP contribution in [0.15, 0.2) is 23.1 Å². The molecule has 13 heavy (non-hydrogen) atoms. The van der Waals surface area contributed by atoms with Gasteiger partial charge in [0.1, 0.15) is 0 Å². The Morgan fingerprint density at radius 1 is 1.23 bits per heavy atom. The van der Waals surface area contributed by atoms with E-state index in [4.69, 9.17) is 0 Å². The van der Waals surface area contributed by atoms with Crippen LogP contribution in [-0.4, -0.2) is 5.75 Å². The lowest BCUT2D eigenvalue weighted by molar-refractivity contribution is 0.589. The average molecular weight is 192 g/mol. The fourth-order valence-electron chi connectivity index (χ4n) is 1.65. The van der Waals surface area contributed by atoms with Gasteiger partial charge in [-0.3, -0.25) is 0 Å². The Labute approximate surface area is 84.7 Å². The van der Waals surface area contributed by atoms with Crippen molar-refractivity contribution in [3.05, 3.63) is 29.3 Å². The Morgan fingerprint density at radius 3 is 2.69 bits per heavy atom. The highest BCUT2D eigenvalue weighted by molar-refractivity contribution is 7.99. The van der Waals surface area contributed by atoms with Crippen molar-refractivity contribution in [2.24, 2.45) is 0 Å². The molecule has 0 aliphatic carbocycles. The van der Waals surface area contributed by atoms with Crippen molar-refractivity contribution in [3.8, 4) is 0 Å². The minimum absolute atomic E-state index is 0.294. The fourth-order valence-corrected chi connectivity index (χ4v) is 2.71. The van der Waals surface area contributed by atoms with Gasteiger partial charge in [-0.05, 0) is 29.0 Å². The number of hydrogen-bond donors (Lipinski definition) is 0. The lowest BCUT2D eigenvalue weighted by Gasteiger charge is -2.19. The SMILES string of the molecule is CC(C)(C)c1ccc2c(c1)CCS2. The summed E-state index contributed by atoms with van der Waals surface area (Å²) in [5.74, 6) is 1.27. The summed E-state index contributed by atoms with van der Waals surface area (Å²) < 4.78 is 0. The molecule has 0 unspecified atom stereocenters. The normalized spacial score (nSPS) is 15.9. The molecule has 0 amide bonds. The maximum absolute atomic E-state index is 2.38. The third-order valence-electron chi connectivity index (χ3n) is 2.56. The Kier molecular flexibility index (Phi) is 2.15. The predicted octanol–water partition coefficient (Wildman–Crippen LogP) is 3.63. The van der Waals surface area contributed by atoms with Crippen LogP contribution in [-0.2, 0) is 11.8 Å². The average Bonchev–Trinajstić information content (AvgIpc) is 2.47. The molecule has 1 heterocycles. The number of rotatable bonds is 0. The smallest absolute Gasteiger partial charge is 0.0105 e. The molecular weight excluding hydrogens is 176 g/mol. The topological polar surface area (TPSA) is 0 Å². The maximum atomic E-state index is 2.38. The molecule has 0 nitrogen and oxygen atoms in total. The van der Waals surface area contributed by atoms with Crippen LogP contribution >= 0.6 is 11.8 Å². The first-order chi connectivity index (χ1) is 6.07. The summed E-state index contributed by atoms with van der Waals surface area (Å²) in [6.45, 7) is 6.82. The molecule has 1 aromatic rings. The molecule has 0 atom stereocenters. The second-order valence-corrected chi connectivity index (χ2v) is 5.81. The van der Waals surface area contributed by atoms with Crippen LogP contribution in [0.4, 0.5) is 0 Å². The van der Waals surface area contributed by atoms with Crippen molar-refractivity contribution in [2.45, 2.75) is 37.5 Å². The fraction of sp³-hybridized carbons (Fsp3) is 0.500. The second kappa shape index (κ2) is 3.06. The lowest BCUT2D eigenvalue weighted by Crippen LogP contribution is -2.11. The van der Waals surface area contributed by atoms with Gasteiger partial charge in [-0.15, -0.1) is 11.8 Å². The van der Waals surface area contributed by atoms with Crippen molar-refractivity contribution < 1.29 is 0 Å². The Bertz CT molecular complexity index is 320. The van der Waals surface area contributed by atoms with Crippen molar-refractivity contribution in [3.63, 3.8) is 0 Å². The summed E-state index contributed by atoms with van der Waals surface area (Å²) in [6, 6.07) is 6.94. The van der Waals surface area contributed by atoms with Gasteiger partial charge in [0.25, 0.3) is 0 Å².